The van der Waals surface area contributed by atoms with Crippen LogP contribution in [0.5, 0.6) is 0 Å². The fourth-order valence-electron chi connectivity index (χ4n) is 4.31. The van der Waals surface area contributed by atoms with Gasteiger partial charge >= 0.3 is 0 Å². The van der Waals surface area contributed by atoms with E-state index in [4.69, 9.17) is 36.1 Å². The highest BCUT2D eigenvalue weighted by Gasteiger charge is 2.51. The Labute approximate surface area is 179 Å². The Hall–Kier alpha value is -0.520. The molecule has 0 aromatic rings. The van der Waals surface area contributed by atoms with Crippen LogP contribution in [-0.4, -0.2) is 123 Å². The third-order valence-corrected chi connectivity index (χ3v) is 6.47. The monoisotopic (exact) mass is 453 g/mol. The highest BCUT2D eigenvalue weighted by atomic mass is 16.7. The largest absolute Gasteiger partial charge is 0.394 e. The third kappa shape index (κ3) is 4.89. The van der Waals surface area contributed by atoms with E-state index in [1.165, 1.54) is 0 Å². The van der Waals surface area contributed by atoms with E-state index in [1.54, 1.807) is 6.92 Å². The van der Waals surface area contributed by atoms with Gasteiger partial charge in [-0.2, -0.15) is 0 Å². The van der Waals surface area contributed by atoms with E-state index in [2.05, 4.69) is 0 Å². The fraction of sp³-hybridized carbons (Fsp3) is 1.00. The van der Waals surface area contributed by atoms with Crippen LogP contribution in [0.25, 0.3) is 0 Å². The summed E-state index contributed by atoms with van der Waals surface area (Å²) in [7, 11) is 0. The molecule has 31 heavy (non-hydrogen) atoms. The predicted molar refractivity (Wildman–Crippen MR) is 103 cm³/mol. The molecule has 182 valence electrons. The average Bonchev–Trinajstić information content (AvgIpc) is 3.02. The van der Waals surface area contributed by atoms with Crippen molar-refractivity contribution in [3.63, 3.8) is 0 Å². The number of hydrogen-bond acceptors (Lipinski definition) is 13. The van der Waals surface area contributed by atoms with Crippen LogP contribution in [0.1, 0.15) is 13.3 Å². The van der Waals surface area contributed by atoms with Crippen LogP contribution in [0.2, 0.25) is 0 Å². The minimum absolute atomic E-state index is 0.173. The minimum Gasteiger partial charge on any atom is -0.394 e. The lowest BCUT2D eigenvalue weighted by Gasteiger charge is -2.47. The Morgan fingerprint density at radius 2 is 1.32 bits per heavy atom. The van der Waals surface area contributed by atoms with Crippen molar-refractivity contribution in [2.75, 3.05) is 13.2 Å². The average molecular weight is 453 g/mol. The van der Waals surface area contributed by atoms with Crippen LogP contribution in [-0.2, 0) is 18.9 Å². The predicted octanol–water partition coefficient (Wildman–Crippen LogP) is -5.34. The molecule has 2 saturated heterocycles. The Balaban J connectivity index is 1.78. The zero-order valence-electron chi connectivity index (χ0n) is 17.3. The second-order valence-corrected chi connectivity index (χ2v) is 8.61. The maximum atomic E-state index is 10.7. The van der Waals surface area contributed by atoms with Crippen LogP contribution < -0.4 is 17.2 Å². The smallest absolute Gasteiger partial charge is 0.184 e. The van der Waals surface area contributed by atoms with Crippen LogP contribution in [0.15, 0.2) is 0 Å². The third-order valence-electron chi connectivity index (χ3n) is 6.47. The lowest BCUT2D eigenvalue weighted by atomic mass is 9.84. The molecular weight excluding hydrogens is 418 g/mol. The summed E-state index contributed by atoms with van der Waals surface area (Å²) < 4.78 is 22.8. The second-order valence-electron chi connectivity index (χ2n) is 8.61. The van der Waals surface area contributed by atoms with Gasteiger partial charge in [0.2, 0.25) is 0 Å². The topological polar surface area (TPSA) is 236 Å². The second kappa shape index (κ2) is 10.2. The van der Waals surface area contributed by atoms with Crippen molar-refractivity contribution >= 4 is 0 Å². The maximum absolute atomic E-state index is 10.7. The highest BCUT2D eigenvalue weighted by molar-refractivity contribution is 5.01. The van der Waals surface area contributed by atoms with Crippen molar-refractivity contribution in [3.05, 3.63) is 0 Å². The van der Waals surface area contributed by atoms with Crippen molar-refractivity contribution in [1.29, 1.82) is 0 Å². The molecule has 13 heteroatoms. The number of aliphatic hydroxyl groups is 6. The molecule has 1 aliphatic carbocycles. The van der Waals surface area contributed by atoms with Gasteiger partial charge < -0.3 is 66.8 Å². The first-order valence-electron chi connectivity index (χ1n) is 10.4. The number of hydrogen-bond donors (Lipinski definition) is 9. The van der Waals surface area contributed by atoms with E-state index in [1.807, 2.05) is 0 Å². The zero-order chi connectivity index (χ0) is 23.0. The van der Waals surface area contributed by atoms with Crippen LogP contribution in [0.3, 0.4) is 0 Å². The summed E-state index contributed by atoms with van der Waals surface area (Å²) in [5.74, 6) is -0.422. The molecule has 0 unspecified atom stereocenters. The zero-order valence-corrected chi connectivity index (χ0v) is 17.3. The lowest BCUT2D eigenvalue weighted by molar-refractivity contribution is -0.310. The summed E-state index contributed by atoms with van der Waals surface area (Å²) >= 11 is 0. The summed E-state index contributed by atoms with van der Waals surface area (Å²) in [6, 6.07) is -2.66. The molecule has 3 aliphatic rings. The standard InChI is InChI=1S/C18H35N3O10/c1-5-8(3-22)28-18(11(5)24)31-16-12(25)6(19)2-7(20)15(16)30-17-10(21)14(27)13(26)9(4-23)29-17/h5-18,22-27H,2-4,19-21H2,1H3/t5-,6-,7+,8-,9-,10-,11-,12+,13-,14-,15-,16-,17-,18+/m1/s1. The molecule has 0 amide bonds. The molecule has 3 rings (SSSR count). The molecule has 12 N–H and O–H groups in total. The van der Waals surface area contributed by atoms with Gasteiger partial charge in [-0.15, -0.1) is 0 Å². The molecule has 13 nitrogen and oxygen atoms in total. The van der Waals surface area contributed by atoms with E-state index in [0.717, 1.165) is 0 Å². The first-order valence-corrected chi connectivity index (χ1v) is 10.4. The highest BCUT2D eigenvalue weighted by Crippen LogP contribution is 2.33. The molecule has 0 radical (unpaired) electrons. The van der Waals surface area contributed by atoms with Gasteiger partial charge in [-0.05, 0) is 6.42 Å². The van der Waals surface area contributed by atoms with Crippen molar-refractivity contribution < 1.29 is 49.6 Å². The van der Waals surface area contributed by atoms with E-state index >= 15 is 0 Å². The van der Waals surface area contributed by atoms with Gasteiger partial charge in [0.25, 0.3) is 0 Å². The van der Waals surface area contributed by atoms with Crippen molar-refractivity contribution in [2.45, 2.75) is 92.9 Å². The Bertz CT molecular complexity index is 589. The molecule has 0 bridgehead atoms. The summed E-state index contributed by atoms with van der Waals surface area (Å²) in [5, 5.41) is 60.0. The van der Waals surface area contributed by atoms with Crippen molar-refractivity contribution in [3.8, 4) is 0 Å². The van der Waals surface area contributed by atoms with E-state index in [0.29, 0.717) is 0 Å². The molecule has 2 aliphatic heterocycles. The summed E-state index contributed by atoms with van der Waals surface area (Å²) in [6.07, 6.45) is -11.4. The van der Waals surface area contributed by atoms with Crippen molar-refractivity contribution in [2.24, 2.45) is 23.1 Å². The Morgan fingerprint density at radius 3 is 1.90 bits per heavy atom. The first kappa shape index (κ1) is 25.1. The lowest BCUT2D eigenvalue weighted by Crippen LogP contribution is -2.68. The maximum Gasteiger partial charge on any atom is 0.184 e. The summed E-state index contributed by atoms with van der Waals surface area (Å²) in [6.45, 7) is 0.781. The van der Waals surface area contributed by atoms with E-state index in [-0.39, 0.29) is 13.0 Å². The molecule has 0 spiro atoms. The quantitative estimate of drug-likeness (QED) is 0.183. The summed E-state index contributed by atoms with van der Waals surface area (Å²) in [5.41, 5.74) is 18.1. The number of rotatable bonds is 6. The van der Waals surface area contributed by atoms with E-state index < -0.39 is 92.1 Å². The van der Waals surface area contributed by atoms with Gasteiger partial charge in [-0.1, -0.05) is 6.92 Å². The van der Waals surface area contributed by atoms with Crippen LogP contribution in [0.4, 0.5) is 0 Å². The molecule has 0 aromatic carbocycles. The Kier molecular flexibility index (Phi) is 8.24. The number of nitrogens with two attached hydrogens (primary N) is 3. The molecule has 1 saturated carbocycles. The molecule has 3 fully saturated rings. The fourth-order valence-corrected chi connectivity index (χ4v) is 4.31. The van der Waals surface area contributed by atoms with Gasteiger partial charge in [0.05, 0.1) is 31.5 Å². The SMILES string of the molecule is C[C@H]1[C@@H](O)[C@H](O[C@@H]2[C@@H](O)[C@H](N)C[C@H](N)[C@H]2O[C@H]2O[C@H](CO)[C@@H](O)[C@H](O)[C@H]2N)O[C@@H]1CO. The molecule has 14 atom stereocenters. The minimum atomic E-state index is -1.44. The Morgan fingerprint density at radius 1 is 0.742 bits per heavy atom. The number of ether oxygens (including phenoxy) is 4. The molecule has 2 heterocycles. The van der Waals surface area contributed by atoms with Crippen LogP contribution in [0, 0.1) is 5.92 Å². The normalized spacial score (nSPS) is 53.6. The van der Waals surface area contributed by atoms with E-state index in [9.17, 15) is 30.6 Å². The molecule has 0 aromatic heterocycles. The first-order chi connectivity index (χ1) is 14.6. The van der Waals surface area contributed by atoms with Gasteiger partial charge in [0, 0.05) is 18.0 Å². The number of aliphatic hydroxyl groups excluding tert-OH is 6. The van der Waals surface area contributed by atoms with Gasteiger partial charge in [-0.25, -0.2) is 0 Å². The van der Waals surface area contributed by atoms with Crippen molar-refractivity contribution in [1.82, 2.24) is 0 Å². The van der Waals surface area contributed by atoms with Gasteiger partial charge in [0.1, 0.15) is 36.6 Å². The molecular formula is C18H35N3O10. The summed E-state index contributed by atoms with van der Waals surface area (Å²) in [4.78, 5) is 0. The van der Waals surface area contributed by atoms with Crippen LogP contribution >= 0.6 is 0 Å². The van der Waals surface area contributed by atoms with Gasteiger partial charge in [-0.3, -0.25) is 0 Å². The van der Waals surface area contributed by atoms with Gasteiger partial charge in [0.15, 0.2) is 12.6 Å².